The van der Waals surface area contributed by atoms with E-state index in [-0.39, 0.29) is 11.3 Å². The Morgan fingerprint density at radius 3 is 2.62 bits per heavy atom. The summed E-state index contributed by atoms with van der Waals surface area (Å²) in [7, 11) is 0. The van der Waals surface area contributed by atoms with Gasteiger partial charge in [0.1, 0.15) is 0 Å². The molecule has 4 rings (SSSR count). The summed E-state index contributed by atoms with van der Waals surface area (Å²) < 4.78 is 5.24. The van der Waals surface area contributed by atoms with E-state index >= 15 is 0 Å². The summed E-state index contributed by atoms with van der Waals surface area (Å²) >= 11 is 0. The first-order valence-corrected chi connectivity index (χ1v) is 8.80. The van der Waals surface area contributed by atoms with Crippen molar-refractivity contribution in [3.8, 4) is 11.4 Å². The Balaban J connectivity index is 1.28. The van der Waals surface area contributed by atoms with Crippen LogP contribution in [-0.2, 0) is 16.6 Å². The standard InChI is InChI=1S/C20H20N4O2/c25-17(22-14-20(10-11-20)16-4-2-1-3-5-16)6-7-18-23-19(24-26-18)15-8-12-21-13-9-15/h1-5,8-9,12-13H,6-7,10-11,14H2,(H,22,25). The van der Waals surface area contributed by atoms with E-state index in [0.29, 0.717) is 31.1 Å². The number of aromatic nitrogens is 3. The van der Waals surface area contributed by atoms with Crippen LogP contribution in [0.2, 0.25) is 0 Å². The first-order chi connectivity index (χ1) is 12.8. The minimum absolute atomic E-state index is 0.0101. The molecule has 0 atom stereocenters. The van der Waals surface area contributed by atoms with Gasteiger partial charge in [0.2, 0.25) is 17.6 Å². The van der Waals surface area contributed by atoms with Crippen molar-refractivity contribution in [2.75, 3.05) is 6.54 Å². The minimum Gasteiger partial charge on any atom is -0.355 e. The van der Waals surface area contributed by atoms with Crippen LogP contribution in [-0.4, -0.2) is 27.6 Å². The average molecular weight is 348 g/mol. The molecule has 0 saturated heterocycles. The number of rotatable bonds is 7. The van der Waals surface area contributed by atoms with E-state index in [0.717, 1.165) is 18.4 Å². The highest BCUT2D eigenvalue weighted by molar-refractivity contribution is 5.76. The van der Waals surface area contributed by atoms with E-state index in [4.69, 9.17) is 4.52 Å². The Morgan fingerprint density at radius 1 is 1.12 bits per heavy atom. The fourth-order valence-electron chi connectivity index (χ4n) is 3.06. The summed E-state index contributed by atoms with van der Waals surface area (Å²) in [6.45, 7) is 0.682. The smallest absolute Gasteiger partial charge is 0.227 e. The SMILES string of the molecule is O=C(CCc1nc(-c2ccncc2)no1)NCC1(c2ccccc2)CC1. The molecule has 0 radical (unpaired) electrons. The van der Waals surface area contributed by atoms with Gasteiger partial charge in [-0.1, -0.05) is 35.5 Å². The second-order valence-corrected chi connectivity index (χ2v) is 6.67. The third-order valence-electron chi connectivity index (χ3n) is 4.84. The predicted octanol–water partition coefficient (Wildman–Crippen LogP) is 2.91. The third-order valence-corrected chi connectivity index (χ3v) is 4.84. The van der Waals surface area contributed by atoms with Crippen molar-refractivity contribution >= 4 is 5.91 Å². The first kappa shape index (κ1) is 16.4. The van der Waals surface area contributed by atoms with Gasteiger partial charge in [-0.05, 0) is 30.5 Å². The molecule has 1 aliphatic rings. The Bertz CT molecular complexity index is 873. The zero-order valence-corrected chi connectivity index (χ0v) is 14.4. The fraction of sp³-hybridized carbons (Fsp3) is 0.300. The molecule has 0 spiro atoms. The van der Waals surface area contributed by atoms with Crippen molar-refractivity contribution in [3.63, 3.8) is 0 Å². The van der Waals surface area contributed by atoms with Crippen molar-refractivity contribution < 1.29 is 9.32 Å². The molecule has 1 aliphatic carbocycles. The predicted molar refractivity (Wildman–Crippen MR) is 96.2 cm³/mol. The van der Waals surface area contributed by atoms with Crippen LogP contribution in [0.4, 0.5) is 0 Å². The van der Waals surface area contributed by atoms with Gasteiger partial charge < -0.3 is 9.84 Å². The van der Waals surface area contributed by atoms with E-state index in [9.17, 15) is 4.79 Å². The highest BCUT2D eigenvalue weighted by Crippen LogP contribution is 2.47. The van der Waals surface area contributed by atoms with Crippen molar-refractivity contribution in [2.24, 2.45) is 0 Å². The van der Waals surface area contributed by atoms with Crippen LogP contribution >= 0.6 is 0 Å². The molecule has 1 N–H and O–H groups in total. The van der Waals surface area contributed by atoms with Crippen LogP contribution in [0.15, 0.2) is 59.4 Å². The van der Waals surface area contributed by atoms with Crippen LogP contribution in [0.5, 0.6) is 0 Å². The molecule has 1 saturated carbocycles. The molecule has 1 aromatic carbocycles. The molecule has 2 aromatic heterocycles. The number of aryl methyl sites for hydroxylation is 1. The molecular formula is C20H20N4O2. The van der Waals surface area contributed by atoms with Crippen LogP contribution in [0.1, 0.15) is 30.7 Å². The second kappa shape index (κ2) is 7.07. The summed E-state index contributed by atoms with van der Waals surface area (Å²) in [6.07, 6.45) is 6.37. The maximum atomic E-state index is 12.2. The van der Waals surface area contributed by atoms with Crippen LogP contribution in [0.25, 0.3) is 11.4 Å². The zero-order valence-electron chi connectivity index (χ0n) is 14.4. The first-order valence-electron chi connectivity index (χ1n) is 8.80. The number of carbonyl (C=O) groups is 1. The van der Waals surface area contributed by atoms with Crippen molar-refractivity contribution in [1.82, 2.24) is 20.4 Å². The Morgan fingerprint density at radius 2 is 1.88 bits per heavy atom. The monoisotopic (exact) mass is 348 g/mol. The number of nitrogens with zero attached hydrogens (tertiary/aromatic N) is 3. The average Bonchev–Trinajstić information content (AvgIpc) is 3.35. The number of pyridine rings is 1. The summed E-state index contributed by atoms with van der Waals surface area (Å²) in [5.41, 5.74) is 2.27. The van der Waals surface area contributed by atoms with Crippen molar-refractivity contribution in [2.45, 2.75) is 31.1 Å². The largest absolute Gasteiger partial charge is 0.355 e. The quantitative estimate of drug-likeness (QED) is 0.710. The molecule has 1 amide bonds. The summed E-state index contributed by atoms with van der Waals surface area (Å²) in [6, 6.07) is 14.0. The molecule has 6 nitrogen and oxygen atoms in total. The van der Waals surface area contributed by atoms with Gasteiger partial charge in [0.25, 0.3) is 0 Å². The molecule has 6 heteroatoms. The fourth-order valence-corrected chi connectivity index (χ4v) is 3.06. The maximum Gasteiger partial charge on any atom is 0.227 e. The molecule has 26 heavy (non-hydrogen) atoms. The van der Waals surface area contributed by atoms with Gasteiger partial charge in [-0.3, -0.25) is 9.78 Å². The number of hydrogen-bond acceptors (Lipinski definition) is 5. The summed E-state index contributed by atoms with van der Waals surface area (Å²) in [4.78, 5) is 20.5. The topological polar surface area (TPSA) is 80.9 Å². The van der Waals surface area contributed by atoms with Crippen molar-refractivity contribution in [1.29, 1.82) is 0 Å². The Hall–Kier alpha value is -3.02. The van der Waals surface area contributed by atoms with E-state index in [2.05, 4.69) is 32.6 Å². The number of carbonyl (C=O) groups excluding carboxylic acids is 1. The highest BCUT2D eigenvalue weighted by Gasteiger charge is 2.44. The van der Waals surface area contributed by atoms with E-state index in [1.807, 2.05) is 30.3 Å². The third kappa shape index (κ3) is 3.64. The molecule has 0 unspecified atom stereocenters. The van der Waals surface area contributed by atoms with Crippen LogP contribution in [0.3, 0.4) is 0 Å². The molecule has 1 fully saturated rings. The van der Waals surface area contributed by atoms with Gasteiger partial charge in [-0.2, -0.15) is 4.98 Å². The lowest BCUT2D eigenvalue weighted by molar-refractivity contribution is -0.121. The van der Waals surface area contributed by atoms with E-state index < -0.39 is 0 Å². The lowest BCUT2D eigenvalue weighted by Crippen LogP contribution is -2.32. The van der Waals surface area contributed by atoms with Gasteiger partial charge in [0.15, 0.2) is 0 Å². The molecule has 0 aliphatic heterocycles. The van der Waals surface area contributed by atoms with Gasteiger partial charge >= 0.3 is 0 Å². The van der Waals surface area contributed by atoms with Gasteiger partial charge in [0.05, 0.1) is 0 Å². The molecule has 0 bridgehead atoms. The normalized spacial score (nSPS) is 14.8. The number of hydrogen-bond donors (Lipinski definition) is 1. The molecular weight excluding hydrogens is 328 g/mol. The van der Waals surface area contributed by atoms with Gasteiger partial charge in [-0.15, -0.1) is 0 Å². The van der Waals surface area contributed by atoms with E-state index in [1.54, 1.807) is 12.4 Å². The summed E-state index contributed by atoms with van der Waals surface area (Å²) in [5.74, 6) is 0.996. The Labute approximate surface area is 151 Å². The lowest BCUT2D eigenvalue weighted by atomic mass is 9.96. The number of benzene rings is 1. The second-order valence-electron chi connectivity index (χ2n) is 6.67. The lowest BCUT2D eigenvalue weighted by Gasteiger charge is -2.16. The van der Waals surface area contributed by atoms with Crippen LogP contribution in [0, 0.1) is 0 Å². The zero-order chi connectivity index (χ0) is 17.8. The van der Waals surface area contributed by atoms with Gasteiger partial charge in [-0.25, -0.2) is 0 Å². The summed E-state index contributed by atoms with van der Waals surface area (Å²) in [5, 5.41) is 7.01. The van der Waals surface area contributed by atoms with Crippen LogP contribution < -0.4 is 5.32 Å². The highest BCUT2D eigenvalue weighted by atomic mass is 16.5. The van der Waals surface area contributed by atoms with E-state index in [1.165, 1.54) is 5.56 Å². The number of nitrogens with one attached hydrogen (secondary N) is 1. The minimum atomic E-state index is 0.0101. The molecule has 3 aromatic rings. The van der Waals surface area contributed by atoms with Crippen molar-refractivity contribution in [3.05, 3.63) is 66.3 Å². The molecule has 132 valence electrons. The van der Waals surface area contributed by atoms with Gasteiger partial charge in [0, 0.05) is 42.8 Å². The maximum absolute atomic E-state index is 12.2. The molecule has 2 heterocycles. The Kier molecular flexibility index (Phi) is 4.48. The number of amides is 1.